The highest BCUT2D eigenvalue weighted by atomic mass is 15.3. The molecule has 0 aliphatic heterocycles. The smallest absolute Gasteiger partial charge is 0.0537 e. The standard InChI is InChI=1S/C12H23N3/c1-9(2)15-10(3)11(8-14-15)7-13-12(4,5)6/h8-9,13H,7H2,1-6H3. The van der Waals surface area contributed by atoms with E-state index in [0.717, 1.165) is 6.54 Å². The van der Waals surface area contributed by atoms with Gasteiger partial charge < -0.3 is 5.32 Å². The summed E-state index contributed by atoms with van der Waals surface area (Å²) < 4.78 is 2.07. The van der Waals surface area contributed by atoms with Crippen LogP contribution >= 0.6 is 0 Å². The Hall–Kier alpha value is -0.830. The molecule has 3 nitrogen and oxygen atoms in total. The molecule has 0 unspecified atom stereocenters. The molecule has 0 saturated heterocycles. The minimum atomic E-state index is 0.159. The summed E-state index contributed by atoms with van der Waals surface area (Å²) in [5.74, 6) is 0. The number of aromatic nitrogens is 2. The molecule has 1 heterocycles. The second-order valence-electron chi connectivity index (χ2n) is 5.40. The fraction of sp³-hybridized carbons (Fsp3) is 0.750. The molecule has 1 rings (SSSR count). The Labute approximate surface area is 92.9 Å². The molecule has 0 radical (unpaired) electrons. The van der Waals surface area contributed by atoms with Crippen molar-refractivity contribution in [3.05, 3.63) is 17.5 Å². The molecule has 15 heavy (non-hydrogen) atoms. The zero-order valence-electron chi connectivity index (χ0n) is 10.8. The van der Waals surface area contributed by atoms with Crippen molar-refractivity contribution in [3.63, 3.8) is 0 Å². The minimum absolute atomic E-state index is 0.159. The van der Waals surface area contributed by atoms with E-state index < -0.39 is 0 Å². The van der Waals surface area contributed by atoms with Gasteiger partial charge in [-0.2, -0.15) is 5.10 Å². The largest absolute Gasteiger partial charge is 0.308 e. The summed E-state index contributed by atoms with van der Waals surface area (Å²) in [6.07, 6.45) is 1.97. The topological polar surface area (TPSA) is 29.9 Å². The monoisotopic (exact) mass is 209 g/mol. The highest BCUT2D eigenvalue weighted by Gasteiger charge is 2.12. The average Bonchev–Trinajstić information content (AvgIpc) is 2.42. The Bertz CT molecular complexity index is 318. The van der Waals surface area contributed by atoms with Crippen molar-refractivity contribution in [2.45, 2.75) is 59.7 Å². The zero-order chi connectivity index (χ0) is 11.6. The van der Waals surface area contributed by atoms with Gasteiger partial charge in [-0.15, -0.1) is 0 Å². The molecular weight excluding hydrogens is 186 g/mol. The van der Waals surface area contributed by atoms with Crippen LogP contribution in [-0.4, -0.2) is 15.3 Å². The third kappa shape index (κ3) is 3.34. The summed E-state index contributed by atoms with van der Waals surface area (Å²) in [7, 11) is 0. The lowest BCUT2D eigenvalue weighted by Crippen LogP contribution is -2.35. The van der Waals surface area contributed by atoms with Crippen LogP contribution in [0.25, 0.3) is 0 Å². The summed E-state index contributed by atoms with van der Waals surface area (Å²) in [6, 6.07) is 0.438. The summed E-state index contributed by atoms with van der Waals surface area (Å²) in [5.41, 5.74) is 2.72. The van der Waals surface area contributed by atoms with E-state index in [1.54, 1.807) is 0 Å². The summed E-state index contributed by atoms with van der Waals surface area (Å²) in [6.45, 7) is 13.9. The number of nitrogens with zero attached hydrogens (tertiary/aromatic N) is 2. The fourth-order valence-electron chi connectivity index (χ4n) is 1.51. The molecule has 1 aromatic heterocycles. The van der Waals surface area contributed by atoms with Gasteiger partial charge in [-0.25, -0.2) is 0 Å². The highest BCUT2D eigenvalue weighted by Crippen LogP contribution is 2.13. The first-order chi connectivity index (χ1) is 6.81. The predicted octanol–water partition coefficient (Wildman–Crippen LogP) is 2.66. The Morgan fingerprint density at radius 3 is 2.40 bits per heavy atom. The molecule has 0 atom stereocenters. The van der Waals surface area contributed by atoms with Gasteiger partial charge >= 0.3 is 0 Å². The van der Waals surface area contributed by atoms with E-state index >= 15 is 0 Å². The maximum Gasteiger partial charge on any atom is 0.0537 e. The van der Waals surface area contributed by atoms with Crippen molar-refractivity contribution in [3.8, 4) is 0 Å². The van der Waals surface area contributed by atoms with E-state index in [2.05, 4.69) is 56.6 Å². The molecule has 0 spiro atoms. The maximum atomic E-state index is 4.39. The second-order valence-corrected chi connectivity index (χ2v) is 5.40. The molecule has 0 aliphatic carbocycles. The zero-order valence-corrected chi connectivity index (χ0v) is 10.8. The van der Waals surface area contributed by atoms with Crippen LogP contribution in [0.3, 0.4) is 0 Å². The Kier molecular flexibility index (Phi) is 3.55. The Morgan fingerprint density at radius 2 is 2.00 bits per heavy atom. The van der Waals surface area contributed by atoms with Gasteiger partial charge in [0.25, 0.3) is 0 Å². The summed E-state index contributed by atoms with van der Waals surface area (Å²) in [5, 5.41) is 7.87. The summed E-state index contributed by atoms with van der Waals surface area (Å²) in [4.78, 5) is 0. The van der Waals surface area contributed by atoms with Crippen molar-refractivity contribution in [1.82, 2.24) is 15.1 Å². The molecule has 0 bridgehead atoms. The quantitative estimate of drug-likeness (QED) is 0.829. The van der Waals surface area contributed by atoms with Crippen molar-refractivity contribution in [2.75, 3.05) is 0 Å². The molecule has 0 aromatic carbocycles. The first kappa shape index (κ1) is 12.2. The van der Waals surface area contributed by atoms with Crippen molar-refractivity contribution in [1.29, 1.82) is 0 Å². The maximum absolute atomic E-state index is 4.39. The molecule has 0 saturated carbocycles. The second kappa shape index (κ2) is 4.35. The molecule has 0 fully saturated rings. The van der Waals surface area contributed by atoms with Gasteiger partial charge in [-0.05, 0) is 41.5 Å². The van der Waals surface area contributed by atoms with E-state index in [0.29, 0.717) is 6.04 Å². The van der Waals surface area contributed by atoms with Crippen LogP contribution in [0.4, 0.5) is 0 Å². The van der Waals surface area contributed by atoms with Crippen LogP contribution < -0.4 is 5.32 Å². The van der Waals surface area contributed by atoms with Gasteiger partial charge in [0.1, 0.15) is 0 Å². The van der Waals surface area contributed by atoms with Crippen LogP contribution in [0.15, 0.2) is 6.20 Å². The first-order valence-electron chi connectivity index (χ1n) is 5.59. The molecule has 3 heteroatoms. The SMILES string of the molecule is Cc1c(CNC(C)(C)C)cnn1C(C)C. The van der Waals surface area contributed by atoms with E-state index in [1.165, 1.54) is 11.3 Å². The number of hydrogen-bond donors (Lipinski definition) is 1. The van der Waals surface area contributed by atoms with Crippen LogP contribution in [-0.2, 0) is 6.54 Å². The molecule has 1 N–H and O–H groups in total. The van der Waals surface area contributed by atoms with E-state index in [4.69, 9.17) is 0 Å². The summed E-state index contributed by atoms with van der Waals surface area (Å²) >= 11 is 0. The van der Waals surface area contributed by atoms with Gasteiger partial charge in [0.2, 0.25) is 0 Å². The molecule has 0 aliphatic rings. The number of nitrogens with one attached hydrogen (secondary N) is 1. The normalized spacial score (nSPS) is 12.5. The highest BCUT2D eigenvalue weighted by molar-refractivity contribution is 5.16. The van der Waals surface area contributed by atoms with Gasteiger partial charge in [-0.1, -0.05) is 0 Å². The fourth-order valence-corrected chi connectivity index (χ4v) is 1.51. The van der Waals surface area contributed by atoms with Crippen molar-refractivity contribution in [2.24, 2.45) is 0 Å². The lowest BCUT2D eigenvalue weighted by Gasteiger charge is -2.20. The number of rotatable bonds is 3. The van der Waals surface area contributed by atoms with Crippen molar-refractivity contribution < 1.29 is 0 Å². The molecule has 1 aromatic rings. The van der Waals surface area contributed by atoms with Gasteiger partial charge in [-0.3, -0.25) is 4.68 Å². The lowest BCUT2D eigenvalue weighted by molar-refractivity contribution is 0.423. The van der Waals surface area contributed by atoms with Crippen LogP contribution in [0, 0.1) is 6.92 Å². The Balaban J connectivity index is 2.71. The van der Waals surface area contributed by atoms with Crippen molar-refractivity contribution >= 4 is 0 Å². The average molecular weight is 209 g/mol. The molecular formula is C12H23N3. The van der Waals surface area contributed by atoms with E-state index in [9.17, 15) is 0 Å². The van der Waals surface area contributed by atoms with E-state index in [1.807, 2.05) is 6.20 Å². The number of hydrogen-bond acceptors (Lipinski definition) is 2. The Morgan fingerprint density at radius 1 is 1.40 bits per heavy atom. The third-order valence-electron chi connectivity index (χ3n) is 2.44. The van der Waals surface area contributed by atoms with Gasteiger partial charge in [0.05, 0.1) is 6.20 Å². The first-order valence-corrected chi connectivity index (χ1v) is 5.59. The van der Waals surface area contributed by atoms with Crippen LogP contribution in [0.1, 0.15) is 51.9 Å². The van der Waals surface area contributed by atoms with Crippen LogP contribution in [0.2, 0.25) is 0 Å². The van der Waals surface area contributed by atoms with E-state index in [-0.39, 0.29) is 5.54 Å². The lowest BCUT2D eigenvalue weighted by atomic mass is 10.1. The molecule has 0 amide bonds. The van der Waals surface area contributed by atoms with Crippen LogP contribution in [0.5, 0.6) is 0 Å². The third-order valence-corrected chi connectivity index (χ3v) is 2.44. The van der Waals surface area contributed by atoms with Gasteiger partial charge in [0.15, 0.2) is 0 Å². The minimum Gasteiger partial charge on any atom is -0.308 e. The molecule has 86 valence electrons. The van der Waals surface area contributed by atoms with Gasteiger partial charge in [0, 0.05) is 29.4 Å². The predicted molar refractivity (Wildman–Crippen MR) is 63.9 cm³/mol.